The van der Waals surface area contributed by atoms with Gasteiger partial charge in [-0.15, -0.1) is 0 Å². The van der Waals surface area contributed by atoms with Crippen LogP contribution in [0.2, 0.25) is 0 Å². The number of aromatic nitrogens is 2. The van der Waals surface area contributed by atoms with E-state index in [1.165, 1.54) is 25.7 Å². The molecule has 1 unspecified atom stereocenters. The number of nitrogens with one attached hydrogen (secondary N) is 1. The van der Waals surface area contributed by atoms with Crippen molar-refractivity contribution in [2.45, 2.75) is 43.4 Å². The molecule has 4 bridgehead atoms. The maximum absolute atomic E-state index is 4.38. The van der Waals surface area contributed by atoms with Crippen LogP contribution in [0.4, 0.5) is 0 Å². The summed E-state index contributed by atoms with van der Waals surface area (Å²) in [7, 11) is 0. The molecule has 1 heterocycles. The maximum Gasteiger partial charge on any atom is 0.107 e. The van der Waals surface area contributed by atoms with Gasteiger partial charge in [0.25, 0.3) is 0 Å². The van der Waals surface area contributed by atoms with Crippen molar-refractivity contribution in [3.05, 3.63) is 18.2 Å². The third kappa shape index (κ3) is 1.86. The molecule has 0 radical (unpaired) electrons. The zero-order chi connectivity index (χ0) is 12.1. The summed E-state index contributed by atoms with van der Waals surface area (Å²) < 4.78 is 0. The third-order valence-corrected chi connectivity index (χ3v) is 6.59. The minimum absolute atomic E-state index is 0.624. The van der Waals surface area contributed by atoms with E-state index in [9.17, 15) is 0 Å². The molecule has 5 rings (SSSR count). The third-order valence-electron chi connectivity index (χ3n) is 5.66. The molecule has 0 aromatic carbocycles. The van der Waals surface area contributed by atoms with E-state index in [0.717, 1.165) is 41.8 Å². The van der Waals surface area contributed by atoms with Crippen molar-refractivity contribution in [2.24, 2.45) is 29.6 Å². The minimum Gasteiger partial charge on any atom is -0.349 e. The number of H-pyrrole nitrogens is 1. The second kappa shape index (κ2) is 4.36. The van der Waals surface area contributed by atoms with Gasteiger partial charge in [-0.05, 0) is 61.7 Å². The van der Waals surface area contributed by atoms with Crippen LogP contribution in [-0.4, -0.2) is 14.8 Å². The molecule has 3 heteroatoms. The van der Waals surface area contributed by atoms with Gasteiger partial charge < -0.3 is 4.98 Å². The fourth-order valence-corrected chi connectivity index (χ4v) is 6.46. The van der Waals surface area contributed by atoms with E-state index >= 15 is 0 Å². The average molecular weight is 309 g/mol. The molecule has 0 amide bonds. The number of aromatic amines is 1. The Morgan fingerprint density at radius 2 is 1.83 bits per heavy atom. The van der Waals surface area contributed by atoms with Gasteiger partial charge in [0, 0.05) is 23.6 Å². The Kier molecular flexibility index (Phi) is 2.79. The summed E-state index contributed by atoms with van der Waals surface area (Å²) in [5, 5.41) is 0. The van der Waals surface area contributed by atoms with Gasteiger partial charge in [-0.1, -0.05) is 15.9 Å². The maximum atomic E-state index is 4.38. The second-order valence-corrected chi connectivity index (χ2v) is 7.94. The fraction of sp³-hybridized carbons (Fsp3) is 0.800. The van der Waals surface area contributed by atoms with Gasteiger partial charge in [0.15, 0.2) is 0 Å². The molecule has 4 aliphatic carbocycles. The monoisotopic (exact) mass is 308 g/mol. The van der Waals surface area contributed by atoms with E-state index in [2.05, 4.69) is 25.9 Å². The summed E-state index contributed by atoms with van der Waals surface area (Å²) in [6, 6.07) is 0. The van der Waals surface area contributed by atoms with E-state index in [1.54, 1.807) is 6.42 Å². The smallest absolute Gasteiger partial charge is 0.107 e. The van der Waals surface area contributed by atoms with E-state index in [-0.39, 0.29) is 0 Å². The molecular formula is C15H21BrN2. The molecule has 0 saturated heterocycles. The highest BCUT2D eigenvalue weighted by Gasteiger charge is 2.49. The van der Waals surface area contributed by atoms with Gasteiger partial charge in [0.2, 0.25) is 0 Å². The first-order valence-corrected chi connectivity index (χ1v) is 8.33. The first-order valence-electron chi connectivity index (χ1n) is 7.42. The lowest BCUT2D eigenvalue weighted by Gasteiger charge is -2.55. The Labute approximate surface area is 117 Å². The van der Waals surface area contributed by atoms with E-state index in [0.29, 0.717) is 4.83 Å². The molecule has 18 heavy (non-hydrogen) atoms. The Morgan fingerprint density at radius 3 is 2.39 bits per heavy atom. The van der Waals surface area contributed by atoms with Crippen molar-refractivity contribution in [1.29, 1.82) is 0 Å². The minimum atomic E-state index is 0.624. The molecule has 98 valence electrons. The highest BCUT2D eigenvalue weighted by atomic mass is 79.9. The zero-order valence-corrected chi connectivity index (χ0v) is 12.3. The van der Waals surface area contributed by atoms with Crippen molar-refractivity contribution >= 4 is 15.9 Å². The van der Waals surface area contributed by atoms with Crippen LogP contribution >= 0.6 is 15.9 Å². The summed E-state index contributed by atoms with van der Waals surface area (Å²) in [5.41, 5.74) is 0. The number of nitrogens with zero attached hydrogens (tertiary/aromatic N) is 1. The molecule has 0 aliphatic heterocycles. The molecule has 1 N–H and O–H groups in total. The molecule has 4 fully saturated rings. The van der Waals surface area contributed by atoms with Crippen molar-refractivity contribution < 1.29 is 0 Å². The fourth-order valence-electron chi connectivity index (χ4n) is 5.29. The van der Waals surface area contributed by atoms with E-state index < -0.39 is 0 Å². The number of hydrogen-bond donors (Lipinski definition) is 1. The number of halogens is 1. The van der Waals surface area contributed by atoms with Crippen molar-refractivity contribution in [1.82, 2.24) is 9.97 Å². The summed E-state index contributed by atoms with van der Waals surface area (Å²) in [6.07, 6.45) is 12.5. The summed E-state index contributed by atoms with van der Waals surface area (Å²) in [4.78, 5) is 8.26. The molecular weight excluding hydrogens is 288 g/mol. The van der Waals surface area contributed by atoms with Crippen LogP contribution in [-0.2, 0) is 6.42 Å². The van der Waals surface area contributed by atoms with Crippen LogP contribution in [0.1, 0.15) is 37.9 Å². The molecule has 1 aromatic heterocycles. The lowest BCUT2D eigenvalue weighted by molar-refractivity contribution is -0.0361. The Morgan fingerprint density at radius 1 is 1.17 bits per heavy atom. The largest absolute Gasteiger partial charge is 0.349 e. The zero-order valence-electron chi connectivity index (χ0n) is 10.7. The quantitative estimate of drug-likeness (QED) is 0.846. The van der Waals surface area contributed by atoms with Crippen LogP contribution in [0.5, 0.6) is 0 Å². The van der Waals surface area contributed by atoms with Crippen LogP contribution in [0.25, 0.3) is 0 Å². The molecule has 4 aliphatic rings. The summed E-state index contributed by atoms with van der Waals surface area (Å²) in [6.45, 7) is 0. The molecule has 0 spiro atoms. The van der Waals surface area contributed by atoms with Crippen LogP contribution in [0.3, 0.4) is 0 Å². The Bertz CT molecular complexity index is 386. The molecule has 1 atom stereocenters. The van der Waals surface area contributed by atoms with Gasteiger partial charge in [0.1, 0.15) is 5.82 Å². The van der Waals surface area contributed by atoms with Gasteiger partial charge in [0.05, 0.1) is 0 Å². The molecule has 1 aromatic rings. The van der Waals surface area contributed by atoms with Gasteiger partial charge in [-0.2, -0.15) is 0 Å². The van der Waals surface area contributed by atoms with Crippen LogP contribution in [0.15, 0.2) is 12.4 Å². The summed E-state index contributed by atoms with van der Waals surface area (Å²) >= 11 is 3.99. The normalized spacial score (nSPS) is 43.3. The topological polar surface area (TPSA) is 28.7 Å². The first-order chi connectivity index (χ1) is 8.79. The average Bonchev–Trinajstić information content (AvgIpc) is 2.80. The number of alkyl halides is 1. The lowest BCUT2D eigenvalue weighted by atomic mass is 9.51. The predicted octanol–water partition coefficient (Wildman–Crippen LogP) is 3.79. The number of rotatable bonds is 3. The second-order valence-electron chi connectivity index (χ2n) is 6.76. The van der Waals surface area contributed by atoms with Crippen molar-refractivity contribution in [3.63, 3.8) is 0 Å². The Balaban J connectivity index is 1.50. The van der Waals surface area contributed by atoms with E-state index in [4.69, 9.17) is 0 Å². The number of imidazole rings is 1. The SMILES string of the molecule is BrC(Cc1ncc[nH]1)C1C2CC3CC(C2)CC1C3. The van der Waals surface area contributed by atoms with E-state index in [1.807, 2.05) is 12.4 Å². The van der Waals surface area contributed by atoms with Crippen molar-refractivity contribution in [2.75, 3.05) is 0 Å². The van der Waals surface area contributed by atoms with Gasteiger partial charge >= 0.3 is 0 Å². The number of hydrogen-bond acceptors (Lipinski definition) is 1. The Hall–Kier alpha value is -0.310. The van der Waals surface area contributed by atoms with Gasteiger partial charge in [-0.3, -0.25) is 0 Å². The predicted molar refractivity (Wildman–Crippen MR) is 75.5 cm³/mol. The molecule has 4 saturated carbocycles. The highest BCUT2D eigenvalue weighted by Crippen LogP contribution is 2.58. The summed E-state index contributed by atoms with van der Waals surface area (Å²) in [5.74, 6) is 6.20. The van der Waals surface area contributed by atoms with Gasteiger partial charge in [-0.25, -0.2) is 4.98 Å². The van der Waals surface area contributed by atoms with Crippen LogP contribution < -0.4 is 0 Å². The highest BCUT2D eigenvalue weighted by molar-refractivity contribution is 9.09. The lowest BCUT2D eigenvalue weighted by Crippen LogP contribution is -2.48. The van der Waals surface area contributed by atoms with Crippen LogP contribution in [0, 0.1) is 29.6 Å². The first kappa shape index (κ1) is 11.5. The molecule has 2 nitrogen and oxygen atoms in total. The van der Waals surface area contributed by atoms with Crippen molar-refractivity contribution in [3.8, 4) is 0 Å². The standard InChI is InChI=1S/C15H21BrN2/c16-13(8-14-17-1-2-18-14)15-11-4-9-3-10(6-11)7-12(15)5-9/h1-2,9-13,15H,3-8H2,(H,17,18).